The molecule has 0 unspecified atom stereocenters. The maximum Gasteiger partial charge on any atom is 0.292 e. The molecule has 0 aliphatic heterocycles. The van der Waals surface area contributed by atoms with Gasteiger partial charge in [-0.1, -0.05) is 17.7 Å². The average Bonchev–Trinajstić information content (AvgIpc) is 2.83. The predicted molar refractivity (Wildman–Crippen MR) is 99.5 cm³/mol. The van der Waals surface area contributed by atoms with Crippen molar-refractivity contribution in [1.82, 2.24) is 9.78 Å². The molecule has 0 aliphatic carbocycles. The molecule has 6 nitrogen and oxygen atoms in total. The minimum absolute atomic E-state index is 0.0417. The molecule has 26 heavy (non-hydrogen) atoms. The Bertz CT molecular complexity index is 1020. The van der Waals surface area contributed by atoms with Gasteiger partial charge >= 0.3 is 0 Å². The topological polar surface area (TPSA) is 73.0 Å². The third-order valence-electron chi connectivity index (χ3n) is 4.03. The van der Waals surface area contributed by atoms with Crippen LogP contribution in [0.2, 0.25) is 5.02 Å². The van der Waals surface area contributed by atoms with Gasteiger partial charge in [0.15, 0.2) is 0 Å². The molecule has 0 saturated carbocycles. The van der Waals surface area contributed by atoms with Crippen LogP contribution in [0.5, 0.6) is 0 Å². The molecule has 0 spiro atoms. The van der Waals surface area contributed by atoms with Gasteiger partial charge < -0.3 is 5.32 Å². The van der Waals surface area contributed by atoms with Crippen LogP contribution in [-0.2, 0) is 7.05 Å². The first-order chi connectivity index (χ1) is 12.3. The molecular weight excluding hydrogens is 359 g/mol. The number of nitro groups is 1. The van der Waals surface area contributed by atoms with E-state index in [2.05, 4.69) is 10.4 Å². The third-order valence-corrected chi connectivity index (χ3v) is 4.34. The number of hydrogen-bond acceptors (Lipinski definition) is 4. The number of benzene rings is 2. The minimum atomic E-state index is -0.441. The van der Waals surface area contributed by atoms with Gasteiger partial charge in [0.1, 0.15) is 17.3 Å². The molecule has 1 heterocycles. The largest absolute Gasteiger partial charge is 0.334 e. The summed E-state index contributed by atoms with van der Waals surface area (Å²) in [7, 11) is 1.72. The Morgan fingerprint density at radius 2 is 1.96 bits per heavy atom. The molecule has 1 aromatic heterocycles. The second-order valence-electron chi connectivity index (χ2n) is 5.96. The number of hydrogen-bond donors (Lipinski definition) is 1. The summed E-state index contributed by atoms with van der Waals surface area (Å²) in [6.07, 6.45) is 0. The lowest BCUT2D eigenvalue weighted by atomic mass is 10.1. The Hall–Kier alpha value is -2.93. The fraction of sp³-hybridized carbons (Fsp3) is 0.167. The van der Waals surface area contributed by atoms with Crippen LogP contribution in [0.1, 0.15) is 11.3 Å². The first kappa shape index (κ1) is 17.9. The zero-order chi connectivity index (χ0) is 19.0. The van der Waals surface area contributed by atoms with E-state index >= 15 is 0 Å². The second kappa shape index (κ2) is 6.76. The molecular formula is C18H16ClFN4O2. The van der Waals surface area contributed by atoms with Crippen LogP contribution in [0.15, 0.2) is 36.4 Å². The fourth-order valence-electron chi connectivity index (χ4n) is 2.84. The van der Waals surface area contributed by atoms with Gasteiger partial charge in [0.05, 0.1) is 15.6 Å². The van der Waals surface area contributed by atoms with Crippen LogP contribution in [0.3, 0.4) is 0 Å². The van der Waals surface area contributed by atoms with Crippen LogP contribution < -0.4 is 5.32 Å². The number of aromatic nitrogens is 2. The maximum absolute atomic E-state index is 13.4. The number of rotatable bonds is 4. The standard InChI is InChI=1S/C18H16ClFN4O2/c1-10-4-7-15(16(8-10)24(25)26)21-18-17(11(2)22-23(18)3)13-6-5-12(20)9-14(13)19/h4-9,21H,1-3H3. The quantitative estimate of drug-likeness (QED) is 0.506. The van der Waals surface area contributed by atoms with E-state index in [1.807, 2.05) is 0 Å². The summed E-state index contributed by atoms with van der Waals surface area (Å²) in [6, 6.07) is 9.02. The van der Waals surface area contributed by atoms with Crippen LogP contribution in [0.25, 0.3) is 11.1 Å². The molecule has 0 atom stereocenters. The van der Waals surface area contributed by atoms with Gasteiger partial charge in [-0.3, -0.25) is 14.8 Å². The van der Waals surface area contributed by atoms with Crippen LogP contribution in [0.4, 0.5) is 21.6 Å². The van der Waals surface area contributed by atoms with Crippen molar-refractivity contribution in [2.45, 2.75) is 13.8 Å². The van der Waals surface area contributed by atoms with E-state index in [0.717, 1.165) is 5.56 Å². The van der Waals surface area contributed by atoms with E-state index in [0.29, 0.717) is 28.3 Å². The highest BCUT2D eigenvalue weighted by Gasteiger charge is 2.21. The first-order valence-corrected chi connectivity index (χ1v) is 8.17. The second-order valence-corrected chi connectivity index (χ2v) is 6.37. The van der Waals surface area contributed by atoms with Gasteiger partial charge in [-0.15, -0.1) is 0 Å². The van der Waals surface area contributed by atoms with E-state index in [1.54, 1.807) is 43.8 Å². The van der Waals surface area contributed by atoms with Crippen LogP contribution in [-0.4, -0.2) is 14.7 Å². The molecule has 0 aliphatic rings. The Kier molecular flexibility index (Phi) is 4.65. The molecule has 0 bridgehead atoms. The molecule has 0 saturated heterocycles. The lowest BCUT2D eigenvalue weighted by Gasteiger charge is -2.12. The highest BCUT2D eigenvalue weighted by molar-refractivity contribution is 6.33. The summed E-state index contributed by atoms with van der Waals surface area (Å²) in [6.45, 7) is 3.58. The minimum Gasteiger partial charge on any atom is -0.334 e. The van der Waals surface area contributed by atoms with Crippen molar-refractivity contribution >= 4 is 28.8 Å². The number of nitrogens with one attached hydrogen (secondary N) is 1. The van der Waals surface area contributed by atoms with Crippen molar-refractivity contribution in [3.63, 3.8) is 0 Å². The molecule has 134 valence electrons. The molecule has 3 aromatic rings. The summed E-state index contributed by atoms with van der Waals surface area (Å²) in [5.74, 6) is 0.0898. The number of anilines is 2. The van der Waals surface area contributed by atoms with Crippen molar-refractivity contribution in [2.24, 2.45) is 7.05 Å². The van der Waals surface area contributed by atoms with Gasteiger partial charge in [0.2, 0.25) is 0 Å². The lowest BCUT2D eigenvalue weighted by molar-refractivity contribution is -0.384. The van der Waals surface area contributed by atoms with Gasteiger partial charge in [-0.25, -0.2) is 4.39 Å². The fourth-order valence-corrected chi connectivity index (χ4v) is 3.10. The van der Waals surface area contributed by atoms with E-state index in [-0.39, 0.29) is 10.7 Å². The summed E-state index contributed by atoms with van der Waals surface area (Å²) in [5, 5.41) is 19.1. The van der Waals surface area contributed by atoms with Crippen molar-refractivity contribution in [3.05, 3.63) is 68.6 Å². The monoisotopic (exact) mass is 374 g/mol. The van der Waals surface area contributed by atoms with Gasteiger partial charge in [-0.2, -0.15) is 5.10 Å². The summed E-state index contributed by atoms with van der Waals surface area (Å²) in [5.41, 5.74) is 3.00. The van der Waals surface area contributed by atoms with E-state index < -0.39 is 10.7 Å². The van der Waals surface area contributed by atoms with E-state index in [4.69, 9.17) is 11.6 Å². The van der Waals surface area contributed by atoms with Crippen molar-refractivity contribution in [2.75, 3.05) is 5.32 Å². The third kappa shape index (κ3) is 3.25. The summed E-state index contributed by atoms with van der Waals surface area (Å²) >= 11 is 6.21. The van der Waals surface area contributed by atoms with E-state index in [9.17, 15) is 14.5 Å². The summed E-state index contributed by atoms with van der Waals surface area (Å²) < 4.78 is 15.0. The Balaban J connectivity index is 2.15. The van der Waals surface area contributed by atoms with Crippen molar-refractivity contribution in [1.29, 1.82) is 0 Å². The number of nitro benzene ring substituents is 1. The number of nitrogens with zero attached hydrogens (tertiary/aromatic N) is 3. The Morgan fingerprint density at radius 1 is 1.23 bits per heavy atom. The highest BCUT2D eigenvalue weighted by Crippen LogP contribution is 2.39. The molecule has 0 amide bonds. The molecule has 0 radical (unpaired) electrons. The number of aryl methyl sites for hydroxylation is 3. The van der Waals surface area contributed by atoms with Crippen molar-refractivity contribution < 1.29 is 9.31 Å². The first-order valence-electron chi connectivity index (χ1n) is 7.79. The zero-order valence-corrected chi connectivity index (χ0v) is 15.1. The van der Waals surface area contributed by atoms with Crippen LogP contribution in [0, 0.1) is 29.8 Å². The predicted octanol–water partition coefficient (Wildman–Crippen LogP) is 5.15. The zero-order valence-electron chi connectivity index (χ0n) is 14.4. The highest BCUT2D eigenvalue weighted by atomic mass is 35.5. The van der Waals surface area contributed by atoms with Crippen molar-refractivity contribution in [3.8, 4) is 11.1 Å². The normalized spacial score (nSPS) is 10.8. The van der Waals surface area contributed by atoms with Gasteiger partial charge in [0, 0.05) is 24.2 Å². The van der Waals surface area contributed by atoms with E-state index in [1.165, 1.54) is 18.2 Å². The SMILES string of the molecule is Cc1ccc(Nc2c(-c3ccc(F)cc3Cl)c(C)nn2C)c([N+](=O)[O-])c1. The molecule has 1 N–H and O–H groups in total. The van der Waals surface area contributed by atoms with Crippen LogP contribution >= 0.6 is 11.6 Å². The maximum atomic E-state index is 13.4. The average molecular weight is 375 g/mol. The smallest absolute Gasteiger partial charge is 0.292 e. The molecule has 2 aromatic carbocycles. The number of halogens is 2. The lowest BCUT2D eigenvalue weighted by Crippen LogP contribution is -2.03. The Morgan fingerprint density at radius 3 is 2.62 bits per heavy atom. The summed E-state index contributed by atoms with van der Waals surface area (Å²) in [4.78, 5) is 10.9. The molecule has 3 rings (SSSR count). The van der Waals surface area contributed by atoms with Gasteiger partial charge in [0.25, 0.3) is 5.69 Å². The molecule has 8 heteroatoms. The Labute approximate surface area is 154 Å². The molecule has 0 fully saturated rings. The van der Waals surface area contributed by atoms with Gasteiger partial charge in [-0.05, 0) is 43.7 Å².